The van der Waals surface area contributed by atoms with Gasteiger partial charge in [0.05, 0.1) is 18.2 Å². The Morgan fingerprint density at radius 1 is 1.21 bits per heavy atom. The Labute approximate surface area is 169 Å². The highest BCUT2D eigenvalue weighted by Crippen LogP contribution is 2.23. The van der Waals surface area contributed by atoms with Gasteiger partial charge in [0, 0.05) is 11.6 Å². The van der Waals surface area contributed by atoms with Gasteiger partial charge in [-0.2, -0.15) is 0 Å². The molecule has 2 heterocycles. The van der Waals surface area contributed by atoms with E-state index in [-0.39, 0.29) is 12.5 Å². The second-order valence-electron chi connectivity index (χ2n) is 7.40. The molecule has 0 spiro atoms. The van der Waals surface area contributed by atoms with E-state index >= 15 is 0 Å². The quantitative estimate of drug-likeness (QED) is 0.615. The van der Waals surface area contributed by atoms with E-state index in [0.717, 1.165) is 12.0 Å². The highest BCUT2D eigenvalue weighted by atomic mass is 35.5. The van der Waals surface area contributed by atoms with Gasteiger partial charge in [-0.15, -0.1) is 10.2 Å². The number of nitrogens with one attached hydrogen (secondary N) is 1. The molecule has 0 aliphatic heterocycles. The van der Waals surface area contributed by atoms with Crippen molar-refractivity contribution in [2.24, 2.45) is 5.41 Å². The Kier molecular flexibility index (Phi) is 6.31. The van der Waals surface area contributed by atoms with Crippen molar-refractivity contribution in [3.63, 3.8) is 0 Å². The average molecular weight is 401 g/mol. The zero-order valence-corrected chi connectivity index (χ0v) is 17.1. The lowest BCUT2D eigenvalue weighted by atomic mass is 9.89. The van der Waals surface area contributed by atoms with Crippen molar-refractivity contribution in [3.05, 3.63) is 65.1 Å². The molecule has 0 radical (unpaired) electrons. The molecule has 1 amide bonds. The second kappa shape index (κ2) is 8.71. The summed E-state index contributed by atoms with van der Waals surface area (Å²) in [5.74, 6) is 0.535. The number of nitrogens with zero attached hydrogens (tertiary/aromatic N) is 3. The summed E-state index contributed by atoms with van der Waals surface area (Å²) in [5, 5.41) is 12.1. The molecular weight excluding hydrogens is 376 g/mol. The van der Waals surface area contributed by atoms with Crippen LogP contribution in [0.15, 0.2) is 48.7 Å². The standard InChI is InChI=1S/C21H25ClN4O2/c1-4-21(2,3)20(27)23-17(14-28-13-15-8-6-5-7-9-15)19-25-24-18-11-10-16(22)12-26(18)19/h5-12,17H,4,13-14H2,1-3H3,(H,23,27)/t17-/m1/s1. The molecule has 7 heteroatoms. The molecule has 148 valence electrons. The van der Waals surface area contributed by atoms with Crippen LogP contribution in [0.3, 0.4) is 0 Å². The number of fused-ring (bicyclic) bond motifs is 1. The van der Waals surface area contributed by atoms with Gasteiger partial charge in [-0.3, -0.25) is 9.20 Å². The van der Waals surface area contributed by atoms with E-state index in [9.17, 15) is 4.79 Å². The van der Waals surface area contributed by atoms with Crippen molar-refractivity contribution in [3.8, 4) is 0 Å². The third-order valence-corrected chi connectivity index (χ3v) is 5.13. The lowest BCUT2D eigenvalue weighted by Gasteiger charge is -2.25. The molecular formula is C21H25ClN4O2. The van der Waals surface area contributed by atoms with Gasteiger partial charge in [0.2, 0.25) is 5.91 Å². The molecule has 2 aromatic heterocycles. The molecule has 0 saturated heterocycles. The van der Waals surface area contributed by atoms with E-state index in [0.29, 0.717) is 23.1 Å². The Morgan fingerprint density at radius 2 is 1.96 bits per heavy atom. The Hall–Kier alpha value is -2.44. The van der Waals surface area contributed by atoms with Crippen molar-refractivity contribution in [1.29, 1.82) is 0 Å². The van der Waals surface area contributed by atoms with Gasteiger partial charge in [0.25, 0.3) is 0 Å². The van der Waals surface area contributed by atoms with Crippen LogP contribution < -0.4 is 5.32 Å². The van der Waals surface area contributed by atoms with E-state index in [1.54, 1.807) is 22.7 Å². The van der Waals surface area contributed by atoms with E-state index in [4.69, 9.17) is 16.3 Å². The van der Waals surface area contributed by atoms with Crippen LogP contribution >= 0.6 is 11.6 Å². The molecule has 0 bridgehead atoms. The van der Waals surface area contributed by atoms with Crippen molar-refractivity contribution >= 4 is 23.2 Å². The summed E-state index contributed by atoms with van der Waals surface area (Å²) in [6.07, 6.45) is 2.47. The number of benzene rings is 1. The van der Waals surface area contributed by atoms with Crippen LogP contribution in [0.2, 0.25) is 5.02 Å². The largest absolute Gasteiger partial charge is 0.374 e. The number of pyridine rings is 1. The Bertz CT molecular complexity index is 940. The van der Waals surface area contributed by atoms with Crippen molar-refractivity contribution in [1.82, 2.24) is 19.9 Å². The van der Waals surface area contributed by atoms with Crippen molar-refractivity contribution in [2.75, 3.05) is 6.61 Å². The monoisotopic (exact) mass is 400 g/mol. The summed E-state index contributed by atoms with van der Waals surface area (Å²) in [7, 11) is 0. The predicted octanol–water partition coefficient (Wildman–Crippen LogP) is 4.19. The number of hydrogen-bond donors (Lipinski definition) is 1. The van der Waals surface area contributed by atoms with Gasteiger partial charge < -0.3 is 10.1 Å². The first-order valence-electron chi connectivity index (χ1n) is 9.33. The lowest BCUT2D eigenvalue weighted by molar-refractivity contribution is -0.130. The number of ether oxygens (including phenoxy) is 1. The molecule has 1 atom stereocenters. The Balaban J connectivity index is 1.83. The first-order chi connectivity index (χ1) is 13.4. The topological polar surface area (TPSA) is 68.5 Å². The normalized spacial score (nSPS) is 12.9. The molecule has 0 aliphatic rings. The number of rotatable bonds is 8. The SMILES string of the molecule is CCC(C)(C)C(=O)N[C@H](COCc1ccccc1)c1nnc2ccc(Cl)cn12. The summed E-state index contributed by atoms with van der Waals surface area (Å²) >= 11 is 6.14. The molecule has 0 aliphatic carbocycles. The highest BCUT2D eigenvalue weighted by Gasteiger charge is 2.29. The van der Waals surface area contributed by atoms with Gasteiger partial charge in [-0.1, -0.05) is 62.7 Å². The predicted molar refractivity (Wildman–Crippen MR) is 109 cm³/mol. The van der Waals surface area contributed by atoms with Crippen LogP contribution in [-0.4, -0.2) is 27.1 Å². The maximum Gasteiger partial charge on any atom is 0.226 e. The molecule has 0 fully saturated rings. The molecule has 1 aromatic carbocycles. The highest BCUT2D eigenvalue weighted by molar-refractivity contribution is 6.30. The summed E-state index contributed by atoms with van der Waals surface area (Å²) in [4.78, 5) is 12.8. The van der Waals surface area contributed by atoms with Crippen LogP contribution in [0.4, 0.5) is 0 Å². The third kappa shape index (κ3) is 4.69. The summed E-state index contributed by atoms with van der Waals surface area (Å²) in [6, 6.07) is 13.0. The molecule has 3 aromatic rings. The number of halogens is 1. The molecule has 28 heavy (non-hydrogen) atoms. The fourth-order valence-electron chi connectivity index (χ4n) is 2.68. The molecule has 6 nitrogen and oxygen atoms in total. The van der Waals surface area contributed by atoms with Gasteiger partial charge in [0.1, 0.15) is 6.04 Å². The van der Waals surface area contributed by atoms with E-state index in [2.05, 4.69) is 15.5 Å². The second-order valence-corrected chi connectivity index (χ2v) is 7.83. The Morgan fingerprint density at radius 3 is 2.68 bits per heavy atom. The number of carbonyl (C=O) groups excluding carboxylic acids is 1. The van der Waals surface area contributed by atoms with Crippen LogP contribution in [-0.2, 0) is 16.1 Å². The van der Waals surface area contributed by atoms with Crippen LogP contribution in [0.5, 0.6) is 0 Å². The fourth-order valence-corrected chi connectivity index (χ4v) is 2.84. The molecule has 0 saturated carbocycles. The van der Waals surface area contributed by atoms with Crippen molar-refractivity contribution < 1.29 is 9.53 Å². The first kappa shape index (κ1) is 20.3. The van der Waals surface area contributed by atoms with Gasteiger partial charge in [-0.05, 0) is 24.1 Å². The zero-order chi connectivity index (χ0) is 20.1. The lowest BCUT2D eigenvalue weighted by Crippen LogP contribution is -2.41. The van der Waals surface area contributed by atoms with E-state index in [1.807, 2.05) is 51.1 Å². The summed E-state index contributed by atoms with van der Waals surface area (Å²) in [5.41, 5.74) is 1.24. The summed E-state index contributed by atoms with van der Waals surface area (Å²) < 4.78 is 7.69. The van der Waals surface area contributed by atoms with Crippen LogP contribution in [0.25, 0.3) is 5.65 Å². The van der Waals surface area contributed by atoms with E-state index in [1.165, 1.54) is 0 Å². The number of amides is 1. The van der Waals surface area contributed by atoms with Crippen LogP contribution in [0, 0.1) is 5.41 Å². The van der Waals surface area contributed by atoms with E-state index < -0.39 is 11.5 Å². The molecule has 1 N–H and O–H groups in total. The van der Waals surface area contributed by atoms with Gasteiger partial charge in [0.15, 0.2) is 11.5 Å². The fraction of sp³-hybridized carbons (Fsp3) is 0.381. The molecule has 3 rings (SSSR count). The average Bonchev–Trinajstić information content (AvgIpc) is 3.10. The zero-order valence-electron chi connectivity index (χ0n) is 16.4. The number of hydrogen-bond acceptors (Lipinski definition) is 4. The minimum Gasteiger partial charge on any atom is -0.374 e. The number of aromatic nitrogens is 3. The number of carbonyl (C=O) groups is 1. The maximum absolute atomic E-state index is 12.8. The minimum absolute atomic E-state index is 0.0536. The first-order valence-corrected chi connectivity index (χ1v) is 9.71. The minimum atomic E-state index is -0.490. The molecule has 0 unspecified atom stereocenters. The smallest absolute Gasteiger partial charge is 0.226 e. The van der Waals surface area contributed by atoms with Crippen LogP contribution in [0.1, 0.15) is 44.6 Å². The maximum atomic E-state index is 12.8. The third-order valence-electron chi connectivity index (χ3n) is 4.90. The van der Waals surface area contributed by atoms with Gasteiger partial charge >= 0.3 is 0 Å². The van der Waals surface area contributed by atoms with Crippen molar-refractivity contribution in [2.45, 2.75) is 39.8 Å². The summed E-state index contributed by atoms with van der Waals surface area (Å²) in [6.45, 7) is 6.55. The van der Waals surface area contributed by atoms with Gasteiger partial charge in [-0.25, -0.2) is 0 Å².